The van der Waals surface area contributed by atoms with Crippen LogP contribution in [0.15, 0.2) is 60.7 Å². The Kier molecular flexibility index (Phi) is 3.65. The molecular formula is C18H15NO2. The first kappa shape index (κ1) is 13.3. The smallest absolute Gasteiger partial charge is 0.185 e. The van der Waals surface area contributed by atoms with Gasteiger partial charge in [0.05, 0.1) is 12.6 Å². The van der Waals surface area contributed by atoms with E-state index in [0.29, 0.717) is 12.1 Å². The van der Waals surface area contributed by atoms with E-state index in [9.17, 15) is 4.79 Å². The van der Waals surface area contributed by atoms with Gasteiger partial charge in [-0.05, 0) is 29.8 Å². The van der Waals surface area contributed by atoms with Gasteiger partial charge in [-0.15, -0.1) is 0 Å². The maximum atomic E-state index is 12.4. The van der Waals surface area contributed by atoms with E-state index in [1.54, 1.807) is 13.2 Å². The molecule has 0 N–H and O–H groups in total. The van der Waals surface area contributed by atoms with Crippen LogP contribution >= 0.6 is 0 Å². The number of benzene rings is 2. The van der Waals surface area contributed by atoms with Crippen molar-refractivity contribution in [1.29, 1.82) is 0 Å². The Labute approximate surface area is 123 Å². The lowest BCUT2D eigenvalue weighted by Crippen LogP contribution is -2.06. The van der Waals surface area contributed by atoms with E-state index in [0.717, 1.165) is 22.2 Å². The molecule has 0 aliphatic carbocycles. The molecule has 1 aromatic heterocycles. The molecule has 0 saturated heterocycles. The number of ether oxygens (including phenoxy) is 1. The second-order valence-electron chi connectivity index (χ2n) is 4.84. The number of para-hydroxylation sites is 1. The molecule has 1 heterocycles. The summed E-state index contributed by atoms with van der Waals surface area (Å²) in [5.74, 6) is 0.765. The van der Waals surface area contributed by atoms with Crippen molar-refractivity contribution in [3.8, 4) is 5.75 Å². The molecule has 0 unspecified atom stereocenters. The van der Waals surface area contributed by atoms with Crippen LogP contribution in [0.5, 0.6) is 5.75 Å². The molecule has 3 rings (SSSR count). The molecule has 104 valence electrons. The molecule has 21 heavy (non-hydrogen) atoms. The van der Waals surface area contributed by atoms with Gasteiger partial charge in [-0.25, -0.2) is 4.98 Å². The number of carbonyl (C=O) groups excluding carboxylic acids is 1. The topological polar surface area (TPSA) is 39.2 Å². The fourth-order valence-electron chi connectivity index (χ4n) is 2.28. The van der Waals surface area contributed by atoms with Crippen LogP contribution in [0.4, 0.5) is 0 Å². The number of pyridine rings is 1. The minimum atomic E-state index is 0.00834. The fraction of sp³-hybridized carbons (Fsp3) is 0.111. The highest BCUT2D eigenvalue weighted by molar-refractivity contribution is 5.97. The number of nitrogens with zero attached hydrogens (tertiary/aromatic N) is 1. The molecule has 0 fully saturated rings. The molecule has 0 spiro atoms. The van der Waals surface area contributed by atoms with E-state index < -0.39 is 0 Å². The Balaban J connectivity index is 1.86. The standard InChI is InChI=1S/C18H15NO2/c1-21-15-7-4-5-13(11-15)12-18(20)17-10-9-14-6-2-3-8-16(14)19-17/h2-11H,12H2,1H3. The van der Waals surface area contributed by atoms with Crippen molar-refractivity contribution >= 4 is 16.7 Å². The maximum Gasteiger partial charge on any atom is 0.185 e. The van der Waals surface area contributed by atoms with Crippen LogP contribution in [-0.2, 0) is 6.42 Å². The minimum absolute atomic E-state index is 0.00834. The summed E-state index contributed by atoms with van der Waals surface area (Å²) in [6, 6.07) is 19.0. The average molecular weight is 277 g/mol. The summed E-state index contributed by atoms with van der Waals surface area (Å²) in [4.78, 5) is 16.8. The van der Waals surface area contributed by atoms with Gasteiger partial charge in [0, 0.05) is 11.8 Å². The highest BCUT2D eigenvalue weighted by atomic mass is 16.5. The summed E-state index contributed by atoms with van der Waals surface area (Å²) in [5.41, 5.74) is 2.26. The third-order valence-corrected chi connectivity index (χ3v) is 3.38. The predicted molar refractivity (Wildman–Crippen MR) is 82.8 cm³/mol. The Hall–Kier alpha value is -2.68. The van der Waals surface area contributed by atoms with Gasteiger partial charge in [-0.1, -0.05) is 36.4 Å². The molecule has 0 amide bonds. The van der Waals surface area contributed by atoms with Crippen molar-refractivity contribution in [3.63, 3.8) is 0 Å². The van der Waals surface area contributed by atoms with Gasteiger partial charge in [0.1, 0.15) is 11.4 Å². The number of hydrogen-bond donors (Lipinski definition) is 0. The summed E-state index contributed by atoms with van der Waals surface area (Å²) in [5, 5.41) is 1.04. The molecule has 3 nitrogen and oxygen atoms in total. The number of Topliss-reactive ketones (excluding diaryl/α,β-unsaturated/α-hetero) is 1. The Morgan fingerprint density at radius 1 is 1.05 bits per heavy atom. The zero-order valence-electron chi connectivity index (χ0n) is 11.7. The van der Waals surface area contributed by atoms with Gasteiger partial charge in [-0.2, -0.15) is 0 Å². The first-order valence-electron chi connectivity index (χ1n) is 6.78. The van der Waals surface area contributed by atoms with E-state index in [2.05, 4.69) is 4.98 Å². The largest absolute Gasteiger partial charge is 0.497 e. The number of aromatic nitrogens is 1. The van der Waals surface area contributed by atoms with Gasteiger partial charge in [0.15, 0.2) is 5.78 Å². The summed E-state index contributed by atoms with van der Waals surface area (Å²) in [6.45, 7) is 0. The molecule has 0 atom stereocenters. The third-order valence-electron chi connectivity index (χ3n) is 3.38. The molecule has 0 radical (unpaired) electrons. The van der Waals surface area contributed by atoms with Crippen molar-refractivity contribution in [2.24, 2.45) is 0 Å². The van der Waals surface area contributed by atoms with Crippen LogP contribution in [0.2, 0.25) is 0 Å². The summed E-state index contributed by atoms with van der Waals surface area (Å²) in [6.07, 6.45) is 0.322. The van der Waals surface area contributed by atoms with E-state index in [-0.39, 0.29) is 5.78 Å². The van der Waals surface area contributed by atoms with Crippen LogP contribution in [0.1, 0.15) is 16.1 Å². The van der Waals surface area contributed by atoms with Crippen LogP contribution in [-0.4, -0.2) is 17.9 Å². The fourth-order valence-corrected chi connectivity index (χ4v) is 2.28. The molecule has 0 aliphatic rings. The molecule has 2 aromatic carbocycles. The molecule has 0 saturated carbocycles. The van der Waals surface area contributed by atoms with Crippen molar-refractivity contribution in [2.75, 3.05) is 7.11 Å². The van der Waals surface area contributed by atoms with Gasteiger partial charge in [0.25, 0.3) is 0 Å². The molecular weight excluding hydrogens is 262 g/mol. The summed E-state index contributed by atoms with van der Waals surface area (Å²) < 4.78 is 5.17. The number of fused-ring (bicyclic) bond motifs is 1. The number of ketones is 1. The summed E-state index contributed by atoms with van der Waals surface area (Å²) >= 11 is 0. The minimum Gasteiger partial charge on any atom is -0.497 e. The Morgan fingerprint density at radius 3 is 2.76 bits per heavy atom. The summed E-state index contributed by atoms with van der Waals surface area (Å²) in [7, 11) is 1.62. The van der Waals surface area contributed by atoms with Crippen LogP contribution in [0.25, 0.3) is 10.9 Å². The van der Waals surface area contributed by atoms with Crippen molar-refractivity contribution in [3.05, 3.63) is 71.9 Å². The average Bonchev–Trinajstić information content (AvgIpc) is 2.54. The van der Waals surface area contributed by atoms with Gasteiger partial charge >= 0.3 is 0 Å². The van der Waals surface area contributed by atoms with Gasteiger partial charge in [-0.3, -0.25) is 4.79 Å². The SMILES string of the molecule is COc1cccc(CC(=O)c2ccc3ccccc3n2)c1. The van der Waals surface area contributed by atoms with E-state index in [1.165, 1.54) is 0 Å². The lowest BCUT2D eigenvalue weighted by molar-refractivity contribution is 0.0988. The third kappa shape index (κ3) is 2.92. The maximum absolute atomic E-state index is 12.4. The molecule has 3 aromatic rings. The number of rotatable bonds is 4. The lowest BCUT2D eigenvalue weighted by Gasteiger charge is -2.05. The Morgan fingerprint density at radius 2 is 1.90 bits per heavy atom. The van der Waals surface area contributed by atoms with Gasteiger partial charge < -0.3 is 4.74 Å². The lowest BCUT2D eigenvalue weighted by atomic mass is 10.1. The Bertz CT molecular complexity index is 796. The normalized spacial score (nSPS) is 10.5. The van der Waals surface area contributed by atoms with E-state index in [4.69, 9.17) is 4.74 Å². The quantitative estimate of drug-likeness (QED) is 0.683. The van der Waals surface area contributed by atoms with Crippen LogP contribution in [0, 0.1) is 0 Å². The van der Waals surface area contributed by atoms with Crippen LogP contribution in [0.3, 0.4) is 0 Å². The molecule has 0 bridgehead atoms. The first-order chi connectivity index (χ1) is 10.3. The number of methoxy groups -OCH3 is 1. The molecule has 3 heteroatoms. The van der Waals surface area contributed by atoms with E-state index >= 15 is 0 Å². The van der Waals surface area contributed by atoms with Crippen LogP contribution < -0.4 is 4.74 Å². The second kappa shape index (κ2) is 5.75. The zero-order chi connectivity index (χ0) is 14.7. The number of carbonyl (C=O) groups is 1. The monoisotopic (exact) mass is 277 g/mol. The zero-order valence-corrected chi connectivity index (χ0v) is 11.7. The van der Waals surface area contributed by atoms with Crippen molar-refractivity contribution in [1.82, 2.24) is 4.98 Å². The van der Waals surface area contributed by atoms with Gasteiger partial charge in [0.2, 0.25) is 0 Å². The highest BCUT2D eigenvalue weighted by Gasteiger charge is 2.10. The highest BCUT2D eigenvalue weighted by Crippen LogP contribution is 2.16. The predicted octanol–water partition coefficient (Wildman–Crippen LogP) is 3.67. The van der Waals surface area contributed by atoms with Crippen molar-refractivity contribution in [2.45, 2.75) is 6.42 Å². The van der Waals surface area contributed by atoms with E-state index in [1.807, 2.05) is 54.6 Å². The number of hydrogen-bond acceptors (Lipinski definition) is 3. The first-order valence-corrected chi connectivity index (χ1v) is 6.78. The molecule has 0 aliphatic heterocycles. The second-order valence-corrected chi connectivity index (χ2v) is 4.84. The van der Waals surface area contributed by atoms with Crippen molar-refractivity contribution < 1.29 is 9.53 Å².